The molecule has 0 amide bonds. The summed E-state index contributed by atoms with van der Waals surface area (Å²) in [6.45, 7) is 1.24. The molecule has 2 aromatic carbocycles. The maximum atomic E-state index is 9.69. The predicted molar refractivity (Wildman–Crippen MR) is 101 cm³/mol. The van der Waals surface area contributed by atoms with Crippen LogP contribution in [0.25, 0.3) is 0 Å². The van der Waals surface area contributed by atoms with E-state index in [2.05, 4.69) is 41.8 Å². The highest BCUT2D eigenvalue weighted by molar-refractivity contribution is 9.10. The molecule has 0 bridgehead atoms. The van der Waals surface area contributed by atoms with Crippen molar-refractivity contribution >= 4 is 44.3 Å². The molecule has 0 saturated carbocycles. The van der Waals surface area contributed by atoms with Gasteiger partial charge in [0.05, 0.1) is 0 Å². The van der Waals surface area contributed by atoms with Crippen LogP contribution in [0.1, 0.15) is 17.5 Å². The van der Waals surface area contributed by atoms with Gasteiger partial charge in [-0.2, -0.15) is 0 Å². The number of hydrogen-bond acceptors (Lipinski definition) is 4. The maximum Gasteiger partial charge on any atom is 0.124 e. The van der Waals surface area contributed by atoms with Crippen molar-refractivity contribution in [1.29, 1.82) is 0 Å². The van der Waals surface area contributed by atoms with Gasteiger partial charge in [0.1, 0.15) is 11.5 Å². The van der Waals surface area contributed by atoms with E-state index < -0.39 is 0 Å². The zero-order chi connectivity index (χ0) is 16.7. The van der Waals surface area contributed by atoms with E-state index in [-0.39, 0.29) is 11.5 Å². The first-order valence-corrected chi connectivity index (χ1v) is 8.61. The number of aliphatic imine (C=N–C) groups is 2. The number of nitrogens with zero attached hydrogens (tertiary/aromatic N) is 2. The molecule has 0 heterocycles. The smallest absolute Gasteiger partial charge is 0.124 e. The Balaban J connectivity index is 1.79. The fraction of sp³-hybridized carbons (Fsp3) is 0.176. The van der Waals surface area contributed by atoms with Gasteiger partial charge in [0, 0.05) is 45.6 Å². The Labute approximate surface area is 151 Å². The number of hydrogen-bond donors (Lipinski definition) is 2. The molecule has 0 saturated heterocycles. The summed E-state index contributed by atoms with van der Waals surface area (Å²) in [7, 11) is 0. The number of benzene rings is 2. The molecule has 23 heavy (non-hydrogen) atoms. The van der Waals surface area contributed by atoms with Crippen LogP contribution in [-0.2, 0) is 0 Å². The van der Waals surface area contributed by atoms with Crippen LogP contribution >= 0.6 is 31.9 Å². The highest BCUT2D eigenvalue weighted by atomic mass is 79.9. The highest BCUT2D eigenvalue weighted by Crippen LogP contribution is 2.21. The lowest BCUT2D eigenvalue weighted by Gasteiger charge is -2.00. The standard InChI is InChI=1S/C17H16Br2N2O2/c18-14-2-4-16(22)12(8-14)10-20-6-1-7-21-11-13-9-15(19)3-5-17(13)23/h2-5,8-11,22-23H,1,6-7H2. The summed E-state index contributed by atoms with van der Waals surface area (Å²) < 4.78 is 1.80. The first-order valence-electron chi connectivity index (χ1n) is 7.03. The van der Waals surface area contributed by atoms with Crippen molar-refractivity contribution < 1.29 is 10.2 Å². The largest absolute Gasteiger partial charge is 0.507 e. The van der Waals surface area contributed by atoms with Crippen LogP contribution in [-0.4, -0.2) is 35.7 Å². The normalized spacial score (nSPS) is 11.6. The molecule has 2 rings (SSSR count). The lowest BCUT2D eigenvalue weighted by Crippen LogP contribution is -1.90. The number of aromatic hydroxyl groups is 2. The van der Waals surface area contributed by atoms with Crippen molar-refractivity contribution in [2.24, 2.45) is 9.98 Å². The fourth-order valence-corrected chi connectivity index (χ4v) is 2.59. The molecule has 0 aromatic heterocycles. The lowest BCUT2D eigenvalue weighted by atomic mass is 10.2. The molecule has 2 aromatic rings. The Morgan fingerprint density at radius 1 is 0.783 bits per heavy atom. The van der Waals surface area contributed by atoms with Gasteiger partial charge in [-0.25, -0.2) is 0 Å². The second kappa shape index (κ2) is 8.84. The van der Waals surface area contributed by atoms with Crippen molar-refractivity contribution in [3.8, 4) is 11.5 Å². The van der Waals surface area contributed by atoms with Gasteiger partial charge in [-0.05, 0) is 42.8 Å². The molecule has 120 valence electrons. The SMILES string of the molecule is Oc1ccc(Br)cc1C=NCCCN=Cc1cc(Br)ccc1O. The van der Waals surface area contributed by atoms with Gasteiger partial charge in [0.25, 0.3) is 0 Å². The number of halogens is 2. The van der Waals surface area contributed by atoms with E-state index in [0.29, 0.717) is 24.2 Å². The summed E-state index contributed by atoms with van der Waals surface area (Å²) in [5.74, 6) is 0.417. The van der Waals surface area contributed by atoms with Crippen molar-refractivity contribution in [3.63, 3.8) is 0 Å². The molecule has 4 nitrogen and oxygen atoms in total. The second-order valence-corrected chi connectivity index (χ2v) is 6.66. The number of phenols is 2. The van der Waals surface area contributed by atoms with Gasteiger partial charge in [-0.15, -0.1) is 0 Å². The summed E-state index contributed by atoms with van der Waals surface area (Å²) in [6.07, 6.45) is 4.10. The molecule has 0 fully saturated rings. The average molecular weight is 440 g/mol. The van der Waals surface area contributed by atoms with Crippen LogP contribution in [0.4, 0.5) is 0 Å². The Morgan fingerprint density at radius 2 is 1.22 bits per heavy atom. The second-order valence-electron chi connectivity index (χ2n) is 4.83. The summed E-state index contributed by atoms with van der Waals surface area (Å²) in [6, 6.07) is 10.4. The molecule has 0 radical (unpaired) electrons. The molecule has 0 unspecified atom stereocenters. The number of phenolic OH excluding ortho intramolecular Hbond substituents is 2. The summed E-state index contributed by atoms with van der Waals surface area (Å²) in [5, 5.41) is 19.4. The first kappa shape index (κ1) is 17.7. The van der Waals surface area contributed by atoms with Gasteiger partial charge < -0.3 is 10.2 Å². The molecule has 0 aliphatic carbocycles. The third kappa shape index (κ3) is 5.80. The zero-order valence-electron chi connectivity index (χ0n) is 12.3. The fourth-order valence-electron chi connectivity index (χ4n) is 1.84. The van der Waals surface area contributed by atoms with Gasteiger partial charge in [-0.3, -0.25) is 9.98 Å². The highest BCUT2D eigenvalue weighted by Gasteiger charge is 1.99. The van der Waals surface area contributed by atoms with Crippen LogP contribution in [0.3, 0.4) is 0 Å². The van der Waals surface area contributed by atoms with Gasteiger partial charge in [-0.1, -0.05) is 31.9 Å². The molecular weight excluding hydrogens is 424 g/mol. The van der Waals surface area contributed by atoms with Crippen LogP contribution < -0.4 is 0 Å². The monoisotopic (exact) mass is 438 g/mol. The number of rotatable bonds is 6. The molecule has 0 aliphatic rings. The van der Waals surface area contributed by atoms with E-state index in [0.717, 1.165) is 15.4 Å². The van der Waals surface area contributed by atoms with Gasteiger partial charge >= 0.3 is 0 Å². The van der Waals surface area contributed by atoms with E-state index >= 15 is 0 Å². The Bertz CT molecular complexity index is 669. The third-order valence-electron chi connectivity index (χ3n) is 3.01. The predicted octanol–water partition coefficient (Wildman–Crippen LogP) is 4.55. The lowest BCUT2D eigenvalue weighted by molar-refractivity contribution is 0.474. The van der Waals surface area contributed by atoms with Crippen LogP contribution in [0, 0.1) is 0 Å². The molecule has 0 spiro atoms. The van der Waals surface area contributed by atoms with Gasteiger partial charge in [0.15, 0.2) is 0 Å². The van der Waals surface area contributed by atoms with E-state index in [4.69, 9.17) is 0 Å². The van der Waals surface area contributed by atoms with E-state index in [1.54, 1.807) is 36.7 Å². The van der Waals surface area contributed by atoms with Crippen molar-refractivity contribution in [3.05, 3.63) is 56.5 Å². The topological polar surface area (TPSA) is 65.2 Å². The quantitative estimate of drug-likeness (QED) is 0.512. The van der Waals surface area contributed by atoms with Crippen molar-refractivity contribution in [2.75, 3.05) is 13.1 Å². The first-order chi connectivity index (χ1) is 11.1. The van der Waals surface area contributed by atoms with Crippen LogP contribution in [0.15, 0.2) is 55.3 Å². The van der Waals surface area contributed by atoms with Crippen LogP contribution in [0.5, 0.6) is 11.5 Å². The van der Waals surface area contributed by atoms with Crippen molar-refractivity contribution in [2.45, 2.75) is 6.42 Å². The summed E-state index contributed by atoms with van der Waals surface area (Å²) in [5.41, 5.74) is 1.36. The van der Waals surface area contributed by atoms with E-state index in [1.807, 2.05) is 12.1 Å². The summed E-state index contributed by atoms with van der Waals surface area (Å²) in [4.78, 5) is 8.57. The van der Waals surface area contributed by atoms with Crippen molar-refractivity contribution in [1.82, 2.24) is 0 Å². The minimum absolute atomic E-state index is 0.208. The molecular formula is C17H16Br2N2O2. The maximum absolute atomic E-state index is 9.69. The Kier molecular flexibility index (Phi) is 6.80. The Hall–Kier alpha value is -1.66. The molecule has 2 N–H and O–H groups in total. The molecule has 0 aliphatic heterocycles. The van der Waals surface area contributed by atoms with E-state index in [1.165, 1.54) is 0 Å². The Morgan fingerprint density at radius 3 is 1.65 bits per heavy atom. The minimum atomic E-state index is 0.208. The van der Waals surface area contributed by atoms with E-state index in [9.17, 15) is 10.2 Å². The minimum Gasteiger partial charge on any atom is -0.507 e. The zero-order valence-corrected chi connectivity index (χ0v) is 15.5. The summed E-state index contributed by atoms with van der Waals surface area (Å²) >= 11 is 6.71. The average Bonchev–Trinajstić information content (AvgIpc) is 2.52. The third-order valence-corrected chi connectivity index (χ3v) is 4.00. The molecule has 0 atom stereocenters. The van der Waals surface area contributed by atoms with Gasteiger partial charge in [0.2, 0.25) is 0 Å². The van der Waals surface area contributed by atoms with Crippen LogP contribution in [0.2, 0.25) is 0 Å². The molecule has 6 heteroatoms.